The molecule has 5 heteroatoms. The summed E-state index contributed by atoms with van der Waals surface area (Å²) in [5.41, 5.74) is 4.04. The Morgan fingerprint density at radius 2 is 2.35 bits per heavy atom. The highest BCUT2D eigenvalue weighted by Gasteiger charge is 2.12. The minimum Gasteiger partial charge on any atom is -0.335 e. The number of aliphatic imine (C=N–C) groups is 1. The first-order valence-corrected chi connectivity index (χ1v) is 7.45. The van der Waals surface area contributed by atoms with Crippen molar-refractivity contribution in [3.05, 3.63) is 23.7 Å². The molecule has 0 spiro atoms. The Balaban J connectivity index is 1.80. The lowest BCUT2D eigenvalue weighted by Crippen LogP contribution is -2.18. The summed E-state index contributed by atoms with van der Waals surface area (Å²) in [6, 6.07) is 6.24. The molecule has 0 saturated heterocycles. The Morgan fingerprint density at radius 1 is 1.41 bits per heavy atom. The molecule has 2 aromatic rings. The fourth-order valence-corrected chi connectivity index (χ4v) is 3.31. The molecule has 0 saturated carbocycles. The lowest BCUT2D eigenvalue weighted by Gasteiger charge is -2.17. The fourth-order valence-electron chi connectivity index (χ4n) is 1.69. The first kappa shape index (κ1) is 11.0. The van der Waals surface area contributed by atoms with Gasteiger partial charge in [-0.3, -0.25) is 4.99 Å². The van der Waals surface area contributed by atoms with Gasteiger partial charge in [0.15, 0.2) is 5.17 Å². The van der Waals surface area contributed by atoms with Crippen molar-refractivity contribution in [2.45, 2.75) is 6.92 Å². The summed E-state index contributed by atoms with van der Waals surface area (Å²) >= 11 is 3.47. The number of fused-ring (bicyclic) bond motifs is 1. The molecule has 1 aromatic heterocycles. The fraction of sp³-hybridized carbons (Fsp3) is 0.333. The van der Waals surface area contributed by atoms with E-state index in [-0.39, 0.29) is 0 Å². The van der Waals surface area contributed by atoms with Gasteiger partial charge in [0.25, 0.3) is 0 Å². The second-order valence-corrected chi connectivity index (χ2v) is 6.12. The second-order valence-electron chi connectivity index (χ2n) is 4.22. The van der Waals surface area contributed by atoms with Crippen LogP contribution in [0, 0.1) is 5.92 Å². The summed E-state index contributed by atoms with van der Waals surface area (Å²) in [7, 11) is 0. The monoisotopic (exact) mass is 263 g/mol. The summed E-state index contributed by atoms with van der Waals surface area (Å²) in [4.78, 5) is 8.80. The molecule has 0 aliphatic carbocycles. The second kappa shape index (κ2) is 4.66. The van der Waals surface area contributed by atoms with E-state index in [1.165, 1.54) is 4.70 Å². The third kappa shape index (κ3) is 2.45. The lowest BCUT2D eigenvalue weighted by atomic mass is 10.2. The molecule has 17 heavy (non-hydrogen) atoms. The van der Waals surface area contributed by atoms with E-state index < -0.39 is 0 Å². The molecule has 3 rings (SSSR count). The minimum absolute atomic E-state index is 0.689. The van der Waals surface area contributed by atoms with Crippen molar-refractivity contribution in [1.82, 2.24) is 4.98 Å². The van der Waals surface area contributed by atoms with Crippen molar-refractivity contribution in [3.63, 3.8) is 0 Å². The number of benzene rings is 1. The number of nitrogens with zero attached hydrogens (tertiary/aromatic N) is 2. The number of anilines is 1. The van der Waals surface area contributed by atoms with E-state index in [4.69, 9.17) is 0 Å². The van der Waals surface area contributed by atoms with Crippen LogP contribution in [0.5, 0.6) is 0 Å². The molecule has 0 amide bonds. The maximum atomic E-state index is 4.53. The first-order valence-electron chi connectivity index (χ1n) is 5.59. The number of rotatable bonds is 1. The van der Waals surface area contributed by atoms with Gasteiger partial charge in [-0.05, 0) is 24.1 Å². The summed E-state index contributed by atoms with van der Waals surface area (Å²) in [6.45, 7) is 3.16. The molecule has 0 fully saturated rings. The first-order chi connectivity index (χ1) is 8.31. The summed E-state index contributed by atoms with van der Waals surface area (Å²) < 4.78 is 1.21. The quantitative estimate of drug-likeness (QED) is 0.856. The molecule has 1 aliphatic heterocycles. The van der Waals surface area contributed by atoms with Crippen LogP contribution in [-0.4, -0.2) is 22.4 Å². The zero-order chi connectivity index (χ0) is 11.7. The topological polar surface area (TPSA) is 37.3 Å². The van der Waals surface area contributed by atoms with Crippen LogP contribution in [0.15, 0.2) is 28.7 Å². The van der Waals surface area contributed by atoms with E-state index in [9.17, 15) is 0 Å². The number of hydrogen-bond acceptors (Lipinski definition) is 5. The van der Waals surface area contributed by atoms with Crippen molar-refractivity contribution < 1.29 is 0 Å². The van der Waals surface area contributed by atoms with E-state index in [0.717, 1.165) is 28.7 Å². The van der Waals surface area contributed by atoms with E-state index in [1.54, 1.807) is 23.1 Å². The van der Waals surface area contributed by atoms with E-state index in [0.29, 0.717) is 5.92 Å². The van der Waals surface area contributed by atoms with Crippen LogP contribution in [0.1, 0.15) is 6.92 Å². The Morgan fingerprint density at radius 3 is 3.18 bits per heavy atom. The van der Waals surface area contributed by atoms with Crippen molar-refractivity contribution in [2.75, 3.05) is 17.6 Å². The van der Waals surface area contributed by atoms with Crippen LogP contribution in [0.2, 0.25) is 0 Å². The average Bonchev–Trinajstić information content (AvgIpc) is 2.79. The van der Waals surface area contributed by atoms with Gasteiger partial charge in [0.05, 0.1) is 15.7 Å². The minimum atomic E-state index is 0.689. The van der Waals surface area contributed by atoms with Gasteiger partial charge < -0.3 is 5.32 Å². The normalized spacial score (nSPS) is 20.3. The number of amidine groups is 1. The molecular weight excluding hydrogens is 250 g/mol. The van der Waals surface area contributed by atoms with Crippen LogP contribution in [0.25, 0.3) is 10.2 Å². The molecule has 88 valence electrons. The van der Waals surface area contributed by atoms with E-state index >= 15 is 0 Å². The van der Waals surface area contributed by atoms with Crippen LogP contribution in [0.4, 0.5) is 5.69 Å². The highest BCUT2D eigenvalue weighted by molar-refractivity contribution is 8.14. The molecule has 2 heterocycles. The predicted molar refractivity (Wildman–Crippen MR) is 77.2 cm³/mol. The largest absolute Gasteiger partial charge is 0.335 e. The third-order valence-corrected chi connectivity index (χ3v) is 4.67. The number of thioether (sulfide) groups is 1. The molecule has 3 nitrogen and oxygen atoms in total. The molecule has 1 aliphatic rings. The van der Waals surface area contributed by atoms with E-state index in [1.807, 2.05) is 11.6 Å². The number of thiazole rings is 1. The SMILES string of the molecule is CC1CN=C(Nc2ccc3ncsc3c2)SC1. The van der Waals surface area contributed by atoms with E-state index in [2.05, 4.69) is 34.3 Å². The van der Waals surface area contributed by atoms with Gasteiger partial charge in [0.1, 0.15) is 0 Å². The third-order valence-electron chi connectivity index (χ3n) is 2.63. The Labute approximate surface area is 108 Å². The molecule has 1 atom stereocenters. The molecular formula is C12H13N3S2. The van der Waals surface area contributed by atoms with Crippen LogP contribution >= 0.6 is 23.1 Å². The number of aromatic nitrogens is 1. The lowest BCUT2D eigenvalue weighted by molar-refractivity contribution is 0.674. The van der Waals surface area contributed by atoms with Gasteiger partial charge in [-0.1, -0.05) is 18.7 Å². The standard InChI is InChI=1S/C12H13N3S2/c1-8-5-13-12(16-6-8)15-9-2-3-10-11(4-9)17-7-14-10/h2-4,7-8H,5-6H2,1H3,(H,13,15). The van der Waals surface area contributed by atoms with Gasteiger partial charge >= 0.3 is 0 Å². The van der Waals surface area contributed by atoms with Crippen LogP contribution in [-0.2, 0) is 0 Å². The molecule has 1 N–H and O–H groups in total. The predicted octanol–water partition coefficient (Wildman–Crippen LogP) is 3.45. The Hall–Kier alpha value is -1.07. The van der Waals surface area contributed by atoms with Crippen molar-refractivity contribution in [1.29, 1.82) is 0 Å². The zero-order valence-electron chi connectivity index (χ0n) is 9.51. The highest BCUT2D eigenvalue weighted by Crippen LogP contribution is 2.24. The number of nitrogens with one attached hydrogen (secondary N) is 1. The maximum Gasteiger partial charge on any atom is 0.161 e. The van der Waals surface area contributed by atoms with Gasteiger partial charge in [-0.15, -0.1) is 11.3 Å². The van der Waals surface area contributed by atoms with Gasteiger partial charge in [-0.25, -0.2) is 4.98 Å². The highest BCUT2D eigenvalue weighted by atomic mass is 32.2. The van der Waals surface area contributed by atoms with Crippen LogP contribution in [0.3, 0.4) is 0 Å². The Bertz CT molecular complexity index is 562. The van der Waals surface area contributed by atoms with Crippen molar-refractivity contribution in [2.24, 2.45) is 10.9 Å². The summed E-state index contributed by atoms with van der Waals surface area (Å²) in [6.07, 6.45) is 0. The van der Waals surface area contributed by atoms with Gasteiger partial charge in [0.2, 0.25) is 0 Å². The number of hydrogen-bond donors (Lipinski definition) is 1. The molecule has 1 aromatic carbocycles. The smallest absolute Gasteiger partial charge is 0.161 e. The summed E-state index contributed by atoms with van der Waals surface area (Å²) in [5.74, 6) is 1.84. The zero-order valence-corrected chi connectivity index (χ0v) is 11.1. The molecule has 1 unspecified atom stereocenters. The average molecular weight is 263 g/mol. The molecule has 0 bridgehead atoms. The summed E-state index contributed by atoms with van der Waals surface area (Å²) in [5, 5.41) is 4.41. The van der Waals surface area contributed by atoms with Crippen molar-refractivity contribution in [3.8, 4) is 0 Å². The Kier molecular flexibility index (Phi) is 3.03. The van der Waals surface area contributed by atoms with Gasteiger partial charge in [0, 0.05) is 18.0 Å². The maximum absolute atomic E-state index is 4.53. The van der Waals surface area contributed by atoms with Gasteiger partial charge in [-0.2, -0.15) is 0 Å². The van der Waals surface area contributed by atoms with Crippen molar-refractivity contribution >= 4 is 44.2 Å². The van der Waals surface area contributed by atoms with Crippen LogP contribution < -0.4 is 5.32 Å². The molecule has 0 radical (unpaired) electrons.